The molecule has 3 aromatic rings. The maximum absolute atomic E-state index is 14.0. The fourth-order valence-corrected chi connectivity index (χ4v) is 4.94. The number of ether oxygens (including phenoxy) is 1. The van der Waals surface area contributed by atoms with Gasteiger partial charge in [0.1, 0.15) is 28.6 Å². The zero-order chi connectivity index (χ0) is 26.6. The summed E-state index contributed by atoms with van der Waals surface area (Å²) in [4.78, 5) is 41.8. The molecular formula is C28H29FN4O5. The molecule has 9 nitrogen and oxygen atoms in total. The molecule has 2 aromatic carbocycles. The quantitative estimate of drug-likeness (QED) is 0.536. The minimum atomic E-state index is -0.551. The number of halogens is 1. The van der Waals surface area contributed by atoms with Crippen molar-refractivity contribution >= 4 is 17.7 Å². The Morgan fingerprint density at radius 2 is 1.92 bits per heavy atom. The van der Waals surface area contributed by atoms with Gasteiger partial charge in [0.2, 0.25) is 5.91 Å². The second kappa shape index (κ2) is 11.0. The van der Waals surface area contributed by atoms with Crippen LogP contribution in [0.3, 0.4) is 0 Å². The summed E-state index contributed by atoms with van der Waals surface area (Å²) in [5, 5.41) is 10.0. The number of likely N-dealkylation sites (tertiary alicyclic amines) is 1. The van der Waals surface area contributed by atoms with Crippen LogP contribution in [0.2, 0.25) is 0 Å². The van der Waals surface area contributed by atoms with Crippen molar-refractivity contribution in [2.45, 2.75) is 32.2 Å². The second-order valence-corrected chi connectivity index (χ2v) is 9.62. The zero-order valence-electron chi connectivity index (χ0n) is 21.0. The Kier molecular flexibility index (Phi) is 7.39. The molecule has 2 aliphatic heterocycles. The highest BCUT2D eigenvalue weighted by Gasteiger charge is 2.35. The standard InChI is InChI=1S/C28H29FN4O5/c1-17-24(25(32-38-17)18-6-3-2-4-7-18)28(36)33-15-19-8-10-21(16-33)31-27(35)22-14-20(29)9-11-23(22)37-13-5-12-30-26(19)34/h2-4,6-7,9,11,14,19,21H,5,8,10,12-13,15-16H2,1H3,(H,30,34)(H,31,35)/t19-,21+/m0/s1. The lowest BCUT2D eigenvalue weighted by Gasteiger charge is -2.26. The first-order chi connectivity index (χ1) is 18.4. The predicted molar refractivity (Wildman–Crippen MR) is 136 cm³/mol. The molecule has 2 N–H and O–H groups in total. The molecule has 10 heteroatoms. The molecule has 0 unspecified atom stereocenters. The first kappa shape index (κ1) is 25.4. The van der Waals surface area contributed by atoms with E-state index >= 15 is 0 Å². The fourth-order valence-electron chi connectivity index (χ4n) is 4.94. The third-order valence-corrected chi connectivity index (χ3v) is 6.93. The molecule has 3 heterocycles. The van der Waals surface area contributed by atoms with E-state index in [2.05, 4.69) is 15.8 Å². The highest BCUT2D eigenvalue weighted by molar-refractivity contribution is 6.01. The van der Waals surface area contributed by atoms with Crippen LogP contribution in [0.4, 0.5) is 4.39 Å². The minimum absolute atomic E-state index is 0.0889. The number of aromatic nitrogens is 1. The lowest BCUT2D eigenvalue weighted by atomic mass is 10.0. The van der Waals surface area contributed by atoms with Crippen LogP contribution in [0, 0.1) is 18.7 Å². The van der Waals surface area contributed by atoms with Crippen molar-refractivity contribution in [3.63, 3.8) is 0 Å². The number of benzene rings is 2. The Labute approximate surface area is 219 Å². The number of nitrogens with one attached hydrogen (secondary N) is 2. The maximum Gasteiger partial charge on any atom is 0.259 e. The number of nitrogens with zero attached hydrogens (tertiary/aromatic N) is 2. The molecule has 2 bridgehead atoms. The van der Waals surface area contributed by atoms with Crippen molar-refractivity contribution in [1.29, 1.82) is 0 Å². The first-order valence-electron chi connectivity index (χ1n) is 12.7. The van der Waals surface area contributed by atoms with E-state index in [-0.39, 0.29) is 42.8 Å². The Bertz CT molecular complexity index is 1340. The highest BCUT2D eigenvalue weighted by Crippen LogP contribution is 2.29. The molecule has 5 rings (SSSR count). The van der Waals surface area contributed by atoms with Crippen LogP contribution in [-0.4, -0.2) is 60.1 Å². The summed E-state index contributed by atoms with van der Waals surface area (Å²) in [5.74, 6) is -1.37. The number of rotatable bonds is 2. The largest absolute Gasteiger partial charge is 0.493 e. The van der Waals surface area contributed by atoms with Crippen molar-refractivity contribution in [2.75, 3.05) is 26.2 Å². The van der Waals surface area contributed by atoms with Gasteiger partial charge in [0.25, 0.3) is 11.8 Å². The molecule has 3 amide bonds. The van der Waals surface area contributed by atoms with Gasteiger partial charge in [0, 0.05) is 31.2 Å². The number of aryl methyl sites for hydroxylation is 1. The Morgan fingerprint density at radius 1 is 1.11 bits per heavy atom. The van der Waals surface area contributed by atoms with Gasteiger partial charge in [-0.2, -0.15) is 0 Å². The summed E-state index contributed by atoms with van der Waals surface area (Å²) < 4.78 is 25.2. The molecule has 38 heavy (non-hydrogen) atoms. The highest BCUT2D eigenvalue weighted by atomic mass is 19.1. The van der Waals surface area contributed by atoms with E-state index in [1.54, 1.807) is 11.8 Å². The number of carbonyl (C=O) groups is 3. The van der Waals surface area contributed by atoms with Gasteiger partial charge in [-0.25, -0.2) is 4.39 Å². The average Bonchev–Trinajstić information content (AvgIpc) is 3.17. The topological polar surface area (TPSA) is 114 Å². The lowest BCUT2D eigenvalue weighted by Crippen LogP contribution is -2.46. The van der Waals surface area contributed by atoms with Gasteiger partial charge >= 0.3 is 0 Å². The minimum Gasteiger partial charge on any atom is -0.493 e. The Morgan fingerprint density at radius 3 is 2.74 bits per heavy atom. The third kappa shape index (κ3) is 5.39. The monoisotopic (exact) mass is 520 g/mol. The molecule has 1 aromatic heterocycles. The summed E-state index contributed by atoms with van der Waals surface area (Å²) in [6.07, 6.45) is 1.44. The van der Waals surface area contributed by atoms with Crippen LogP contribution in [0.15, 0.2) is 53.1 Å². The van der Waals surface area contributed by atoms with Crippen LogP contribution in [-0.2, 0) is 4.79 Å². The van der Waals surface area contributed by atoms with E-state index in [1.165, 1.54) is 12.1 Å². The van der Waals surface area contributed by atoms with Gasteiger partial charge in [-0.3, -0.25) is 14.4 Å². The second-order valence-electron chi connectivity index (χ2n) is 9.62. The first-order valence-corrected chi connectivity index (χ1v) is 12.7. The van der Waals surface area contributed by atoms with Crippen molar-refractivity contribution in [1.82, 2.24) is 20.7 Å². The van der Waals surface area contributed by atoms with Crippen molar-refractivity contribution in [3.8, 4) is 17.0 Å². The molecule has 1 fully saturated rings. The summed E-state index contributed by atoms with van der Waals surface area (Å²) in [6.45, 7) is 2.64. The number of hydrogen-bond donors (Lipinski definition) is 2. The van der Waals surface area contributed by atoms with Gasteiger partial charge in [0.05, 0.1) is 18.1 Å². The molecule has 0 saturated carbocycles. The van der Waals surface area contributed by atoms with E-state index < -0.39 is 23.7 Å². The van der Waals surface area contributed by atoms with Gasteiger partial charge in [-0.1, -0.05) is 35.5 Å². The number of amides is 3. The molecule has 0 aliphatic carbocycles. The van der Waals surface area contributed by atoms with Gasteiger partial charge in [-0.05, 0) is 44.4 Å². The van der Waals surface area contributed by atoms with Crippen LogP contribution >= 0.6 is 0 Å². The van der Waals surface area contributed by atoms with Gasteiger partial charge in [0.15, 0.2) is 0 Å². The van der Waals surface area contributed by atoms with Crippen LogP contribution in [0.1, 0.15) is 45.7 Å². The Hall–Kier alpha value is -4.21. The SMILES string of the molecule is Cc1onc(-c2ccccc2)c1C(=O)N1C[C@H]2CC[C@@H](C1)C(=O)NCCCOc1ccc(F)cc1C(=O)N2. The Balaban J connectivity index is 1.48. The molecule has 0 spiro atoms. The van der Waals surface area contributed by atoms with Crippen molar-refractivity contribution < 1.29 is 28.0 Å². The summed E-state index contributed by atoms with van der Waals surface area (Å²) in [7, 11) is 0. The summed E-state index contributed by atoms with van der Waals surface area (Å²) >= 11 is 0. The molecule has 198 valence electrons. The maximum atomic E-state index is 14.0. The number of fused-ring (bicyclic) bond motifs is 4. The smallest absolute Gasteiger partial charge is 0.259 e. The average molecular weight is 521 g/mol. The van der Waals surface area contributed by atoms with E-state index in [0.717, 1.165) is 11.6 Å². The lowest BCUT2D eigenvalue weighted by molar-refractivity contribution is -0.125. The fraction of sp³-hybridized carbons (Fsp3) is 0.357. The van der Waals surface area contributed by atoms with Crippen LogP contribution in [0.5, 0.6) is 5.75 Å². The summed E-state index contributed by atoms with van der Waals surface area (Å²) in [6, 6.07) is 12.6. The van der Waals surface area contributed by atoms with E-state index in [4.69, 9.17) is 9.26 Å². The normalized spacial score (nSPS) is 20.4. The van der Waals surface area contributed by atoms with Crippen LogP contribution in [0.25, 0.3) is 11.3 Å². The third-order valence-electron chi connectivity index (χ3n) is 6.93. The van der Waals surface area contributed by atoms with E-state index in [0.29, 0.717) is 42.8 Å². The zero-order valence-corrected chi connectivity index (χ0v) is 21.0. The summed E-state index contributed by atoms with van der Waals surface area (Å²) in [5.41, 5.74) is 1.57. The van der Waals surface area contributed by atoms with E-state index in [1.807, 2.05) is 30.3 Å². The van der Waals surface area contributed by atoms with Crippen LogP contribution < -0.4 is 15.4 Å². The molecule has 0 radical (unpaired) electrons. The number of carbonyl (C=O) groups excluding carboxylic acids is 3. The van der Waals surface area contributed by atoms with Gasteiger partial charge in [-0.15, -0.1) is 0 Å². The van der Waals surface area contributed by atoms with Crippen molar-refractivity contribution in [3.05, 3.63) is 71.2 Å². The van der Waals surface area contributed by atoms with E-state index in [9.17, 15) is 18.8 Å². The predicted octanol–water partition coefficient (Wildman–Crippen LogP) is 3.34. The molecule has 2 atom stereocenters. The molecule has 2 aliphatic rings. The van der Waals surface area contributed by atoms with Crippen molar-refractivity contribution in [2.24, 2.45) is 5.92 Å². The molecule has 1 saturated heterocycles. The number of hydrogen-bond acceptors (Lipinski definition) is 6. The van der Waals surface area contributed by atoms with Gasteiger partial charge < -0.3 is 24.8 Å². The molecular weight excluding hydrogens is 491 g/mol.